The maximum absolute atomic E-state index is 14.0. The molecule has 180 valence electrons. The quantitative estimate of drug-likeness (QED) is 0.556. The number of methoxy groups -OCH3 is 1. The number of nitrogens with one attached hydrogen (secondary N) is 1. The van der Waals surface area contributed by atoms with Crippen LogP contribution in [-0.4, -0.2) is 60.3 Å². The van der Waals surface area contributed by atoms with E-state index >= 15 is 0 Å². The molecule has 34 heavy (non-hydrogen) atoms. The summed E-state index contributed by atoms with van der Waals surface area (Å²) in [6.45, 7) is 7.87. The smallest absolute Gasteiger partial charge is 0.340 e. The molecule has 0 saturated carbocycles. The second-order valence-electron chi connectivity index (χ2n) is 9.84. The highest BCUT2D eigenvalue weighted by atomic mass is 19.1. The second-order valence-corrected chi connectivity index (χ2v) is 9.84. The Morgan fingerprint density at radius 3 is 2.82 bits per heavy atom. The van der Waals surface area contributed by atoms with Gasteiger partial charge in [-0.3, -0.25) is 4.98 Å². The zero-order valence-electron chi connectivity index (χ0n) is 20.0. The molecular formula is C27H33FN4O2. The van der Waals surface area contributed by atoms with Crippen LogP contribution in [0.2, 0.25) is 0 Å². The number of hydrogen-bond donors (Lipinski definition) is 1. The molecule has 4 heterocycles. The van der Waals surface area contributed by atoms with Gasteiger partial charge in [0.1, 0.15) is 5.82 Å². The number of ether oxygens (including phenoxy) is 1. The molecule has 0 spiro atoms. The Balaban J connectivity index is 1.43. The Labute approximate surface area is 200 Å². The molecule has 2 aliphatic rings. The molecular weight excluding hydrogens is 431 g/mol. The first kappa shape index (κ1) is 23.0. The number of carbonyl (C=O) groups excluding carboxylic acids is 1. The Hall–Kier alpha value is -2.77. The van der Waals surface area contributed by atoms with Gasteiger partial charge in [0.15, 0.2) is 0 Å². The summed E-state index contributed by atoms with van der Waals surface area (Å²) < 4.78 is 20.9. The number of aryl methyl sites for hydroxylation is 1. The summed E-state index contributed by atoms with van der Waals surface area (Å²) >= 11 is 0. The first-order valence-corrected chi connectivity index (χ1v) is 12.3. The van der Waals surface area contributed by atoms with Gasteiger partial charge in [-0.25, -0.2) is 9.18 Å². The highest BCUT2D eigenvalue weighted by Gasteiger charge is 2.27. The third-order valence-electron chi connectivity index (χ3n) is 7.46. The minimum absolute atomic E-state index is 0.210. The van der Waals surface area contributed by atoms with Gasteiger partial charge in [0.25, 0.3) is 0 Å². The van der Waals surface area contributed by atoms with Gasteiger partial charge >= 0.3 is 5.97 Å². The van der Waals surface area contributed by atoms with Crippen LogP contribution in [0, 0.1) is 24.6 Å². The topological polar surface area (TPSA) is 59.4 Å². The maximum atomic E-state index is 14.0. The van der Waals surface area contributed by atoms with Crippen molar-refractivity contribution in [1.82, 2.24) is 19.8 Å². The average Bonchev–Trinajstić information content (AvgIpc) is 3.44. The number of nitrogens with zero attached hydrogens (tertiary/aromatic N) is 3. The molecule has 6 nitrogen and oxygen atoms in total. The molecule has 0 unspecified atom stereocenters. The number of fused-ring (bicyclic) bond motifs is 1. The molecule has 1 aromatic carbocycles. The van der Waals surface area contributed by atoms with Crippen molar-refractivity contribution in [3.8, 4) is 5.69 Å². The number of hydrogen-bond acceptors (Lipinski definition) is 5. The number of carbonyl (C=O) groups is 1. The fourth-order valence-corrected chi connectivity index (χ4v) is 5.77. The molecule has 2 saturated heterocycles. The van der Waals surface area contributed by atoms with E-state index in [0.29, 0.717) is 11.6 Å². The molecule has 0 amide bonds. The summed E-state index contributed by atoms with van der Waals surface area (Å²) in [4.78, 5) is 19.5. The third kappa shape index (κ3) is 4.59. The lowest BCUT2D eigenvalue weighted by Gasteiger charge is -2.27. The van der Waals surface area contributed by atoms with E-state index < -0.39 is 11.8 Å². The van der Waals surface area contributed by atoms with Crippen molar-refractivity contribution >= 4 is 16.9 Å². The average molecular weight is 465 g/mol. The van der Waals surface area contributed by atoms with Gasteiger partial charge in [-0.05, 0) is 93.4 Å². The van der Waals surface area contributed by atoms with Crippen LogP contribution in [-0.2, 0) is 11.2 Å². The number of piperidine rings is 1. The van der Waals surface area contributed by atoms with Crippen molar-refractivity contribution in [2.75, 3.05) is 39.8 Å². The lowest BCUT2D eigenvalue weighted by Crippen LogP contribution is -2.35. The number of aromatic nitrogens is 2. The lowest BCUT2D eigenvalue weighted by molar-refractivity contribution is 0.0600. The van der Waals surface area contributed by atoms with Gasteiger partial charge in [0, 0.05) is 30.9 Å². The zero-order chi connectivity index (χ0) is 23.7. The summed E-state index contributed by atoms with van der Waals surface area (Å²) in [5, 5.41) is 4.63. The normalized spacial score (nSPS) is 19.7. The van der Waals surface area contributed by atoms with Crippen molar-refractivity contribution in [3.63, 3.8) is 0 Å². The molecule has 3 aromatic rings. The monoisotopic (exact) mass is 464 g/mol. The minimum atomic E-state index is -0.553. The molecule has 2 aromatic heterocycles. The highest BCUT2D eigenvalue weighted by Crippen LogP contribution is 2.32. The third-order valence-corrected chi connectivity index (χ3v) is 7.46. The number of esters is 1. The fraction of sp³-hybridized carbons (Fsp3) is 0.481. The van der Waals surface area contributed by atoms with Crippen molar-refractivity contribution in [1.29, 1.82) is 0 Å². The van der Waals surface area contributed by atoms with Crippen LogP contribution in [0.3, 0.4) is 0 Å². The molecule has 7 heteroatoms. The van der Waals surface area contributed by atoms with E-state index in [0.717, 1.165) is 49.6 Å². The zero-order valence-corrected chi connectivity index (χ0v) is 20.0. The van der Waals surface area contributed by atoms with Gasteiger partial charge < -0.3 is 19.5 Å². The van der Waals surface area contributed by atoms with Crippen LogP contribution in [0.15, 0.2) is 36.8 Å². The summed E-state index contributed by atoms with van der Waals surface area (Å²) in [5.41, 5.74) is 4.11. The van der Waals surface area contributed by atoms with Crippen molar-refractivity contribution in [2.24, 2.45) is 11.8 Å². The van der Waals surface area contributed by atoms with Crippen LogP contribution < -0.4 is 5.32 Å². The Bertz CT molecular complexity index is 1180. The van der Waals surface area contributed by atoms with E-state index in [2.05, 4.69) is 28.3 Å². The molecule has 0 aliphatic carbocycles. The van der Waals surface area contributed by atoms with E-state index in [9.17, 15) is 9.18 Å². The molecule has 5 rings (SSSR count). The summed E-state index contributed by atoms with van der Waals surface area (Å²) in [7, 11) is 1.32. The van der Waals surface area contributed by atoms with Crippen molar-refractivity contribution in [2.45, 2.75) is 32.6 Å². The number of benzene rings is 1. The lowest BCUT2D eigenvalue weighted by atomic mass is 9.96. The largest absolute Gasteiger partial charge is 0.465 e. The van der Waals surface area contributed by atoms with E-state index in [4.69, 9.17) is 4.74 Å². The maximum Gasteiger partial charge on any atom is 0.340 e. The number of likely N-dealkylation sites (tertiary alicyclic amines) is 1. The predicted octanol–water partition coefficient (Wildman–Crippen LogP) is 4.12. The first-order chi connectivity index (χ1) is 16.5. The van der Waals surface area contributed by atoms with Gasteiger partial charge in [-0.1, -0.05) is 0 Å². The molecule has 0 bridgehead atoms. The molecule has 0 radical (unpaired) electrons. The summed E-state index contributed by atoms with van der Waals surface area (Å²) in [5.74, 6) is 0.393. The fourth-order valence-electron chi connectivity index (χ4n) is 5.77. The van der Waals surface area contributed by atoms with E-state index in [1.807, 2.05) is 17.0 Å². The molecule has 1 atom stereocenters. The Morgan fingerprint density at radius 1 is 1.21 bits per heavy atom. The summed E-state index contributed by atoms with van der Waals surface area (Å²) in [6, 6.07) is 4.27. The van der Waals surface area contributed by atoms with Crippen LogP contribution in [0.4, 0.5) is 4.39 Å². The molecule has 1 N–H and O–H groups in total. The van der Waals surface area contributed by atoms with Crippen molar-refractivity contribution < 1.29 is 13.9 Å². The second kappa shape index (κ2) is 9.84. The molecule has 2 aliphatic heterocycles. The first-order valence-electron chi connectivity index (χ1n) is 12.3. The van der Waals surface area contributed by atoms with Crippen LogP contribution in [0.5, 0.6) is 0 Å². The van der Waals surface area contributed by atoms with Gasteiger partial charge in [-0.15, -0.1) is 0 Å². The van der Waals surface area contributed by atoms with Gasteiger partial charge in [0.05, 0.1) is 30.1 Å². The van der Waals surface area contributed by atoms with E-state index in [-0.39, 0.29) is 5.56 Å². The Kier molecular flexibility index (Phi) is 6.66. The molecule has 2 fully saturated rings. The van der Waals surface area contributed by atoms with Crippen LogP contribution in [0.25, 0.3) is 16.6 Å². The predicted molar refractivity (Wildman–Crippen MR) is 131 cm³/mol. The van der Waals surface area contributed by atoms with Crippen LogP contribution in [0.1, 0.15) is 40.7 Å². The Morgan fingerprint density at radius 2 is 2.03 bits per heavy atom. The minimum Gasteiger partial charge on any atom is -0.465 e. The number of pyridine rings is 1. The number of rotatable bonds is 6. The van der Waals surface area contributed by atoms with Gasteiger partial charge in [-0.2, -0.15) is 0 Å². The van der Waals surface area contributed by atoms with Crippen molar-refractivity contribution in [3.05, 3.63) is 59.3 Å². The van der Waals surface area contributed by atoms with E-state index in [1.54, 1.807) is 6.07 Å². The van der Waals surface area contributed by atoms with Gasteiger partial charge in [0.2, 0.25) is 0 Å². The highest BCUT2D eigenvalue weighted by molar-refractivity contribution is 5.95. The number of halogens is 1. The standard InChI is InChI=1S/C27H33FN4O2/c1-18-13-30-14-25-26(18)21(11-20-7-10-31(16-20)15-19-5-8-29-9-6-19)17-32(25)24-4-3-22(28)12-23(24)27(33)34-2/h3-4,12-14,17,19-20,29H,5-11,15-16H2,1-2H3/t20-/m0/s1. The summed E-state index contributed by atoms with van der Waals surface area (Å²) in [6.07, 6.45) is 10.6. The van der Waals surface area contributed by atoms with Crippen LogP contribution >= 0.6 is 0 Å². The van der Waals surface area contributed by atoms with E-state index in [1.165, 1.54) is 56.0 Å². The SMILES string of the molecule is COC(=O)c1cc(F)ccc1-n1cc(C[C@@H]2CCN(CC3CCNCC3)C2)c2c(C)cncc21.